The Bertz CT molecular complexity index is 452. The summed E-state index contributed by atoms with van der Waals surface area (Å²) in [6.45, 7) is 1.77. The summed E-state index contributed by atoms with van der Waals surface area (Å²) in [5.74, 6) is 0.519. The predicted octanol–water partition coefficient (Wildman–Crippen LogP) is 0.899. The minimum absolute atomic E-state index is 0.0245. The third-order valence-electron chi connectivity index (χ3n) is 3.31. The first-order chi connectivity index (χ1) is 8.60. The van der Waals surface area contributed by atoms with Crippen molar-refractivity contribution >= 4 is 11.8 Å². The van der Waals surface area contributed by atoms with Crippen LogP contribution in [0.2, 0.25) is 0 Å². The molecule has 1 aliphatic rings. The van der Waals surface area contributed by atoms with Crippen LogP contribution in [-0.4, -0.2) is 40.3 Å². The van der Waals surface area contributed by atoms with E-state index in [9.17, 15) is 9.90 Å². The number of esters is 1. The lowest BCUT2D eigenvalue weighted by Crippen LogP contribution is -2.48. The van der Waals surface area contributed by atoms with E-state index < -0.39 is 5.97 Å². The summed E-state index contributed by atoms with van der Waals surface area (Å²) in [6.07, 6.45) is 4.24. The van der Waals surface area contributed by atoms with E-state index in [0.29, 0.717) is 17.2 Å². The maximum atomic E-state index is 11.6. The summed E-state index contributed by atoms with van der Waals surface area (Å²) in [5, 5.41) is 12.6. The van der Waals surface area contributed by atoms with Crippen molar-refractivity contribution in [2.75, 3.05) is 19.0 Å². The number of hydrogen-bond donors (Lipinski definition) is 2. The van der Waals surface area contributed by atoms with Gasteiger partial charge in [0.25, 0.3) is 0 Å². The van der Waals surface area contributed by atoms with Gasteiger partial charge in [-0.3, -0.25) is 0 Å². The number of hydrogen-bond acceptors (Lipinski definition) is 6. The fourth-order valence-corrected chi connectivity index (χ4v) is 2.00. The van der Waals surface area contributed by atoms with Gasteiger partial charge in [-0.1, -0.05) is 0 Å². The molecule has 0 bridgehead atoms. The number of carbonyl (C=O) groups is 1. The zero-order chi connectivity index (χ0) is 13.2. The van der Waals surface area contributed by atoms with Crippen LogP contribution in [-0.2, 0) is 4.74 Å². The van der Waals surface area contributed by atoms with Crippen LogP contribution in [0.1, 0.15) is 35.4 Å². The van der Waals surface area contributed by atoms with E-state index in [2.05, 4.69) is 15.3 Å². The average Bonchev–Trinajstić information content (AvgIpc) is 2.33. The summed E-state index contributed by atoms with van der Waals surface area (Å²) in [6, 6.07) is 0. The average molecular weight is 251 g/mol. The summed E-state index contributed by atoms with van der Waals surface area (Å²) >= 11 is 0. The Balaban J connectivity index is 2.30. The standard InChI is InChI=1S/C12H17N3O3/c1-8-13-6-9(11(17)18-2)10(14-8)15-12(7-16)4-3-5-12/h6,16H,3-5,7H2,1-2H3,(H,13,14,15). The highest BCUT2D eigenvalue weighted by Crippen LogP contribution is 2.35. The van der Waals surface area contributed by atoms with Gasteiger partial charge < -0.3 is 15.2 Å². The maximum absolute atomic E-state index is 11.6. The lowest BCUT2D eigenvalue weighted by molar-refractivity contribution is 0.0600. The van der Waals surface area contributed by atoms with Crippen LogP contribution in [0, 0.1) is 6.92 Å². The minimum atomic E-state index is -0.482. The first kappa shape index (κ1) is 12.8. The second-order valence-electron chi connectivity index (χ2n) is 4.59. The zero-order valence-corrected chi connectivity index (χ0v) is 10.6. The molecule has 6 nitrogen and oxygen atoms in total. The molecule has 0 aliphatic heterocycles. The number of carbonyl (C=O) groups excluding carboxylic acids is 1. The quantitative estimate of drug-likeness (QED) is 0.773. The molecule has 1 aliphatic carbocycles. The normalized spacial score (nSPS) is 16.8. The molecule has 0 aromatic carbocycles. The molecule has 0 saturated heterocycles. The van der Waals surface area contributed by atoms with Gasteiger partial charge >= 0.3 is 5.97 Å². The van der Waals surface area contributed by atoms with Gasteiger partial charge in [0.1, 0.15) is 17.2 Å². The third-order valence-corrected chi connectivity index (χ3v) is 3.31. The van der Waals surface area contributed by atoms with Gasteiger partial charge in [0.15, 0.2) is 0 Å². The molecule has 0 amide bonds. The molecular weight excluding hydrogens is 234 g/mol. The van der Waals surface area contributed by atoms with Gasteiger partial charge in [-0.05, 0) is 26.2 Å². The van der Waals surface area contributed by atoms with Crippen molar-refractivity contribution in [3.05, 3.63) is 17.6 Å². The number of anilines is 1. The highest BCUT2D eigenvalue weighted by Gasteiger charge is 2.37. The molecule has 1 aromatic heterocycles. The zero-order valence-electron chi connectivity index (χ0n) is 10.6. The Morgan fingerprint density at radius 3 is 2.83 bits per heavy atom. The SMILES string of the molecule is COC(=O)c1cnc(C)nc1NC1(CO)CCC1. The van der Waals surface area contributed by atoms with E-state index in [-0.39, 0.29) is 12.1 Å². The molecule has 1 aromatic rings. The Kier molecular flexibility index (Phi) is 3.47. The van der Waals surface area contributed by atoms with Crippen molar-refractivity contribution in [3.63, 3.8) is 0 Å². The molecule has 98 valence electrons. The Morgan fingerprint density at radius 2 is 2.33 bits per heavy atom. The van der Waals surface area contributed by atoms with Crippen molar-refractivity contribution in [2.24, 2.45) is 0 Å². The van der Waals surface area contributed by atoms with E-state index in [1.807, 2.05) is 0 Å². The summed E-state index contributed by atoms with van der Waals surface area (Å²) in [7, 11) is 1.32. The number of aliphatic hydroxyl groups is 1. The van der Waals surface area contributed by atoms with Crippen LogP contribution in [0.5, 0.6) is 0 Å². The van der Waals surface area contributed by atoms with Crippen molar-refractivity contribution < 1.29 is 14.6 Å². The Hall–Kier alpha value is -1.69. The highest BCUT2D eigenvalue weighted by molar-refractivity contribution is 5.94. The molecule has 1 saturated carbocycles. The van der Waals surface area contributed by atoms with Gasteiger partial charge in [0, 0.05) is 6.20 Å². The van der Waals surface area contributed by atoms with Crippen molar-refractivity contribution in [2.45, 2.75) is 31.7 Å². The summed E-state index contributed by atoms with van der Waals surface area (Å²) in [5.41, 5.74) is -0.0633. The van der Waals surface area contributed by atoms with Crippen LogP contribution in [0.15, 0.2) is 6.20 Å². The topological polar surface area (TPSA) is 84.3 Å². The first-order valence-electron chi connectivity index (χ1n) is 5.91. The monoisotopic (exact) mass is 251 g/mol. The molecule has 2 rings (SSSR count). The lowest BCUT2D eigenvalue weighted by Gasteiger charge is -2.41. The second-order valence-corrected chi connectivity index (χ2v) is 4.59. The van der Waals surface area contributed by atoms with Crippen LogP contribution >= 0.6 is 0 Å². The molecule has 6 heteroatoms. The molecule has 2 N–H and O–H groups in total. The number of ether oxygens (including phenoxy) is 1. The molecular formula is C12H17N3O3. The fraction of sp³-hybridized carbons (Fsp3) is 0.583. The van der Waals surface area contributed by atoms with E-state index in [0.717, 1.165) is 19.3 Å². The van der Waals surface area contributed by atoms with Gasteiger partial charge in [-0.2, -0.15) is 0 Å². The predicted molar refractivity (Wildman–Crippen MR) is 65.4 cm³/mol. The van der Waals surface area contributed by atoms with Crippen molar-refractivity contribution in [1.29, 1.82) is 0 Å². The van der Waals surface area contributed by atoms with Crippen LogP contribution < -0.4 is 5.32 Å². The van der Waals surface area contributed by atoms with E-state index in [4.69, 9.17) is 4.74 Å². The Labute approximate surface area is 105 Å². The molecule has 1 heterocycles. The number of aryl methyl sites for hydroxylation is 1. The van der Waals surface area contributed by atoms with E-state index in [1.54, 1.807) is 6.92 Å². The second kappa shape index (κ2) is 4.89. The molecule has 0 unspecified atom stereocenters. The van der Waals surface area contributed by atoms with Gasteiger partial charge in [0.05, 0.1) is 19.3 Å². The van der Waals surface area contributed by atoms with Crippen LogP contribution in [0.3, 0.4) is 0 Å². The Morgan fingerprint density at radius 1 is 1.61 bits per heavy atom. The number of methoxy groups -OCH3 is 1. The van der Waals surface area contributed by atoms with Crippen molar-refractivity contribution in [1.82, 2.24) is 9.97 Å². The number of nitrogens with one attached hydrogen (secondary N) is 1. The smallest absolute Gasteiger partial charge is 0.343 e. The van der Waals surface area contributed by atoms with E-state index >= 15 is 0 Å². The molecule has 1 fully saturated rings. The number of rotatable bonds is 4. The van der Waals surface area contributed by atoms with Gasteiger partial charge in [-0.15, -0.1) is 0 Å². The number of aliphatic hydroxyl groups excluding tert-OH is 1. The minimum Gasteiger partial charge on any atom is -0.465 e. The summed E-state index contributed by atoms with van der Waals surface area (Å²) < 4.78 is 4.70. The maximum Gasteiger partial charge on any atom is 0.343 e. The van der Waals surface area contributed by atoms with E-state index in [1.165, 1.54) is 13.3 Å². The molecule has 0 atom stereocenters. The van der Waals surface area contributed by atoms with Gasteiger partial charge in [-0.25, -0.2) is 14.8 Å². The lowest BCUT2D eigenvalue weighted by atomic mass is 9.77. The molecule has 0 spiro atoms. The van der Waals surface area contributed by atoms with Crippen LogP contribution in [0.4, 0.5) is 5.82 Å². The van der Waals surface area contributed by atoms with Crippen molar-refractivity contribution in [3.8, 4) is 0 Å². The highest BCUT2D eigenvalue weighted by atomic mass is 16.5. The van der Waals surface area contributed by atoms with Gasteiger partial charge in [0.2, 0.25) is 0 Å². The largest absolute Gasteiger partial charge is 0.465 e. The number of nitrogens with zero attached hydrogens (tertiary/aromatic N) is 2. The molecule has 0 radical (unpaired) electrons. The summed E-state index contributed by atoms with van der Waals surface area (Å²) in [4.78, 5) is 19.8. The first-order valence-corrected chi connectivity index (χ1v) is 5.91. The fourth-order valence-electron chi connectivity index (χ4n) is 2.00. The third kappa shape index (κ3) is 2.28. The van der Waals surface area contributed by atoms with Crippen LogP contribution in [0.25, 0.3) is 0 Å². The molecule has 18 heavy (non-hydrogen) atoms. The number of aromatic nitrogens is 2.